The maximum Gasteiger partial charge on any atom is 0.238 e. The number of halogens is 1. The van der Waals surface area contributed by atoms with Crippen LogP contribution in [0.3, 0.4) is 0 Å². The lowest BCUT2D eigenvalue weighted by atomic mass is 9.86. The van der Waals surface area contributed by atoms with Crippen LogP contribution in [0.15, 0.2) is 24.3 Å². The topological polar surface area (TPSA) is 61.4 Å². The summed E-state index contributed by atoms with van der Waals surface area (Å²) < 4.78 is 12.8. The first-order valence-electron chi connectivity index (χ1n) is 8.47. The minimum absolute atomic E-state index is 0.0502. The molecule has 0 unspecified atom stereocenters. The summed E-state index contributed by atoms with van der Waals surface area (Å²) in [6, 6.07) is 5.83. The fraction of sp³-hybridized carbons (Fsp3) is 0.556. The minimum atomic E-state index is -0.348. The minimum Gasteiger partial charge on any atom is -0.352 e. The number of hydrogen-bond acceptors (Lipinski definition) is 3. The van der Waals surface area contributed by atoms with Gasteiger partial charge in [-0.2, -0.15) is 0 Å². The average molecular weight is 335 g/mol. The molecule has 0 aromatic heterocycles. The fourth-order valence-corrected chi connectivity index (χ4v) is 3.06. The Morgan fingerprint density at radius 1 is 1.12 bits per heavy atom. The van der Waals surface area contributed by atoms with Gasteiger partial charge >= 0.3 is 0 Å². The van der Waals surface area contributed by atoms with Gasteiger partial charge in [0.1, 0.15) is 5.82 Å². The third-order valence-corrected chi connectivity index (χ3v) is 4.41. The molecule has 1 saturated carbocycles. The zero-order valence-corrected chi connectivity index (χ0v) is 14.3. The average Bonchev–Trinajstić information content (AvgIpc) is 2.51. The predicted octanol–water partition coefficient (Wildman–Crippen LogP) is 2.39. The van der Waals surface area contributed by atoms with E-state index < -0.39 is 0 Å². The number of benzene rings is 1. The van der Waals surface area contributed by atoms with Crippen molar-refractivity contribution in [1.29, 1.82) is 0 Å². The second kappa shape index (κ2) is 8.78. The van der Waals surface area contributed by atoms with Crippen molar-refractivity contribution in [3.63, 3.8) is 0 Å². The maximum atomic E-state index is 12.8. The maximum absolute atomic E-state index is 12.8. The van der Waals surface area contributed by atoms with Crippen LogP contribution in [0.25, 0.3) is 0 Å². The smallest absolute Gasteiger partial charge is 0.238 e. The Hall–Kier alpha value is -1.95. The third-order valence-electron chi connectivity index (χ3n) is 4.41. The quantitative estimate of drug-likeness (QED) is 0.839. The van der Waals surface area contributed by atoms with Gasteiger partial charge in [-0.05, 0) is 50.1 Å². The number of likely N-dealkylation sites (N-methyl/N-ethyl adjacent to an activating group) is 1. The Bertz CT molecular complexity index is 562. The number of rotatable bonds is 6. The van der Waals surface area contributed by atoms with E-state index in [4.69, 9.17) is 0 Å². The lowest BCUT2D eigenvalue weighted by Crippen LogP contribution is -2.46. The van der Waals surface area contributed by atoms with Gasteiger partial charge in [-0.25, -0.2) is 4.39 Å². The van der Waals surface area contributed by atoms with E-state index in [0.717, 1.165) is 19.3 Å². The molecule has 2 amide bonds. The highest BCUT2D eigenvalue weighted by molar-refractivity contribution is 5.92. The van der Waals surface area contributed by atoms with Crippen molar-refractivity contribution >= 4 is 17.5 Å². The molecule has 0 radical (unpaired) electrons. The highest BCUT2D eigenvalue weighted by atomic mass is 19.1. The molecule has 2 N–H and O–H groups in total. The van der Waals surface area contributed by atoms with Crippen molar-refractivity contribution in [2.45, 2.75) is 38.6 Å². The van der Waals surface area contributed by atoms with E-state index in [1.54, 1.807) is 11.9 Å². The standard InChI is InChI=1S/C18H26FN3O2/c1-13-5-3-4-6-16(13)21-18(24)12-22(2)11-17(23)20-15-9-7-14(19)8-10-15/h7-10,13,16H,3-6,11-12H2,1-2H3,(H,20,23)(H,21,24)/t13-,16-/m1/s1. The molecule has 0 bridgehead atoms. The Balaban J connectivity index is 1.73. The Kier molecular flexibility index (Phi) is 6.73. The van der Waals surface area contributed by atoms with Crippen LogP contribution in [-0.4, -0.2) is 42.9 Å². The molecule has 1 aromatic carbocycles. The summed E-state index contributed by atoms with van der Waals surface area (Å²) in [4.78, 5) is 25.7. The zero-order chi connectivity index (χ0) is 17.5. The molecule has 1 aliphatic rings. The van der Waals surface area contributed by atoms with Gasteiger partial charge in [0.2, 0.25) is 11.8 Å². The van der Waals surface area contributed by atoms with Crippen molar-refractivity contribution in [2.75, 3.05) is 25.5 Å². The van der Waals surface area contributed by atoms with Crippen LogP contribution in [0.1, 0.15) is 32.6 Å². The first-order valence-corrected chi connectivity index (χ1v) is 8.47. The van der Waals surface area contributed by atoms with E-state index in [1.165, 1.54) is 30.7 Å². The van der Waals surface area contributed by atoms with Crippen LogP contribution >= 0.6 is 0 Å². The molecule has 1 aliphatic carbocycles. The summed E-state index contributed by atoms with van der Waals surface area (Å²) in [6.07, 6.45) is 4.57. The van der Waals surface area contributed by atoms with Crippen LogP contribution in [0, 0.1) is 11.7 Å². The van der Waals surface area contributed by atoms with E-state index in [2.05, 4.69) is 17.6 Å². The largest absolute Gasteiger partial charge is 0.352 e. The van der Waals surface area contributed by atoms with Crippen LogP contribution in [0.5, 0.6) is 0 Å². The number of carbonyl (C=O) groups excluding carboxylic acids is 2. The van der Waals surface area contributed by atoms with Gasteiger partial charge in [-0.15, -0.1) is 0 Å². The molecule has 0 heterocycles. The molecule has 0 saturated heterocycles. The molecule has 132 valence electrons. The zero-order valence-electron chi connectivity index (χ0n) is 14.3. The van der Waals surface area contributed by atoms with Gasteiger partial charge in [0, 0.05) is 11.7 Å². The van der Waals surface area contributed by atoms with Gasteiger partial charge in [0.25, 0.3) is 0 Å². The van der Waals surface area contributed by atoms with Gasteiger partial charge in [-0.1, -0.05) is 19.8 Å². The number of nitrogens with zero attached hydrogens (tertiary/aromatic N) is 1. The predicted molar refractivity (Wildman–Crippen MR) is 92.1 cm³/mol. The van der Waals surface area contributed by atoms with E-state index in [1.807, 2.05) is 0 Å². The van der Waals surface area contributed by atoms with Gasteiger partial charge in [0.15, 0.2) is 0 Å². The number of anilines is 1. The summed E-state index contributed by atoms with van der Waals surface area (Å²) in [6.45, 7) is 2.45. The lowest BCUT2D eigenvalue weighted by molar-refractivity contribution is -0.124. The Morgan fingerprint density at radius 3 is 2.42 bits per heavy atom. The summed E-state index contributed by atoms with van der Waals surface area (Å²) in [7, 11) is 1.73. The second-order valence-electron chi connectivity index (χ2n) is 6.66. The molecular formula is C18H26FN3O2. The van der Waals surface area contributed by atoms with Crippen molar-refractivity contribution in [2.24, 2.45) is 5.92 Å². The van der Waals surface area contributed by atoms with Crippen LogP contribution in [0.4, 0.5) is 10.1 Å². The second-order valence-corrected chi connectivity index (χ2v) is 6.66. The highest BCUT2D eigenvalue weighted by Crippen LogP contribution is 2.23. The molecule has 6 heteroatoms. The monoisotopic (exact) mass is 335 g/mol. The molecule has 0 spiro atoms. The Labute approximate surface area is 142 Å². The SMILES string of the molecule is C[C@@H]1CCCC[C@H]1NC(=O)CN(C)CC(=O)Nc1ccc(F)cc1. The van der Waals surface area contributed by atoms with E-state index >= 15 is 0 Å². The van der Waals surface area contributed by atoms with E-state index in [9.17, 15) is 14.0 Å². The number of hydrogen-bond donors (Lipinski definition) is 2. The molecule has 1 aromatic rings. The number of carbonyl (C=O) groups is 2. The van der Waals surface area contributed by atoms with Gasteiger partial charge in [0.05, 0.1) is 13.1 Å². The fourth-order valence-electron chi connectivity index (χ4n) is 3.06. The van der Waals surface area contributed by atoms with Crippen molar-refractivity contribution in [3.05, 3.63) is 30.1 Å². The van der Waals surface area contributed by atoms with Crippen LogP contribution in [-0.2, 0) is 9.59 Å². The normalized spacial score (nSPS) is 20.7. The Morgan fingerprint density at radius 2 is 1.75 bits per heavy atom. The van der Waals surface area contributed by atoms with Crippen LogP contribution < -0.4 is 10.6 Å². The molecule has 1 fully saturated rings. The summed E-state index contributed by atoms with van der Waals surface area (Å²) in [5, 5.41) is 5.76. The van der Waals surface area contributed by atoms with Crippen molar-refractivity contribution in [1.82, 2.24) is 10.2 Å². The molecule has 24 heavy (non-hydrogen) atoms. The lowest BCUT2D eigenvalue weighted by Gasteiger charge is -2.30. The third kappa shape index (κ3) is 5.92. The number of amides is 2. The summed E-state index contributed by atoms with van der Waals surface area (Å²) >= 11 is 0. The van der Waals surface area contributed by atoms with E-state index in [-0.39, 0.29) is 36.8 Å². The van der Waals surface area contributed by atoms with E-state index in [0.29, 0.717) is 11.6 Å². The van der Waals surface area contributed by atoms with Gasteiger partial charge in [-0.3, -0.25) is 14.5 Å². The summed E-state index contributed by atoms with van der Waals surface area (Å²) in [5.41, 5.74) is 0.537. The van der Waals surface area contributed by atoms with Gasteiger partial charge < -0.3 is 10.6 Å². The molecular weight excluding hydrogens is 309 g/mol. The summed E-state index contributed by atoms with van der Waals surface area (Å²) in [5.74, 6) is -0.123. The van der Waals surface area contributed by atoms with Crippen LogP contribution in [0.2, 0.25) is 0 Å². The first-order chi connectivity index (χ1) is 11.4. The molecule has 5 nitrogen and oxygen atoms in total. The van der Waals surface area contributed by atoms with Crippen molar-refractivity contribution < 1.29 is 14.0 Å². The molecule has 0 aliphatic heterocycles. The van der Waals surface area contributed by atoms with Crippen molar-refractivity contribution in [3.8, 4) is 0 Å². The number of nitrogens with one attached hydrogen (secondary N) is 2. The first kappa shape index (κ1) is 18.4. The molecule has 2 atom stereocenters. The highest BCUT2D eigenvalue weighted by Gasteiger charge is 2.23. The molecule has 2 rings (SSSR count).